The Morgan fingerprint density at radius 1 is 1.29 bits per heavy atom. The van der Waals surface area contributed by atoms with Gasteiger partial charge in [0.1, 0.15) is 0 Å². The van der Waals surface area contributed by atoms with Gasteiger partial charge in [0.15, 0.2) is 0 Å². The van der Waals surface area contributed by atoms with Gasteiger partial charge in [-0.15, -0.1) is 0 Å². The van der Waals surface area contributed by atoms with E-state index in [4.69, 9.17) is 0 Å². The minimum atomic E-state index is -3.29. The number of aryl methyl sites for hydroxylation is 1. The molecule has 1 aromatic heterocycles. The second-order valence-electron chi connectivity index (χ2n) is 6.70. The lowest BCUT2D eigenvalue weighted by molar-refractivity contribution is -0.131. The first-order valence-electron chi connectivity index (χ1n) is 8.79. The van der Waals surface area contributed by atoms with E-state index in [-0.39, 0.29) is 17.7 Å². The lowest BCUT2D eigenvalue weighted by Crippen LogP contribution is -2.44. The molecule has 1 N–H and O–H groups in total. The number of rotatable bonds is 7. The Morgan fingerprint density at radius 2 is 2.00 bits per heavy atom. The van der Waals surface area contributed by atoms with Crippen LogP contribution in [0.15, 0.2) is 12.3 Å². The van der Waals surface area contributed by atoms with Gasteiger partial charge in [0, 0.05) is 37.4 Å². The molecule has 2 fully saturated rings. The summed E-state index contributed by atoms with van der Waals surface area (Å²) in [7, 11) is -3.29. The van der Waals surface area contributed by atoms with Gasteiger partial charge in [-0.05, 0) is 38.2 Å². The van der Waals surface area contributed by atoms with Gasteiger partial charge in [-0.1, -0.05) is 6.92 Å². The number of carbonyl (C=O) groups excluding carboxylic acids is 1. The molecule has 1 saturated carbocycles. The van der Waals surface area contributed by atoms with Gasteiger partial charge in [0.25, 0.3) is 0 Å². The second-order valence-corrected chi connectivity index (χ2v) is 8.75. The van der Waals surface area contributed by atoms with E-state index in [1.807, 2.05) is 6.20 Å². The van der Waals surface area contributed by atoms with Crippen molar-refractivity contribution in [2.45, 2.75) is 56.7 Å². The van der Waals surface area contributed by atoms with E-state index in [1.165, 1.54) is 5.69 Å². The number of hydrogen-bond donors (Lipinski definition) is 1. The molecular formula is C16H26N4O3S. The van der Waals surface area contributed by atoms with Crippen molar-refractivity contribution in [1.82, 2.24) is 19.4 Å². The van der Waals surface area contributed by atoms with Crippen LogP contribution >= 0.6 is 0 Å². The number of aromatic nitrogens is 2. The van der Waals surface area contributed by atoms with E-state index in [0.717, 1.165) is 25.8 Å². The maximum Gasteiger partial charge on any atom is 0.237 e. The van der Waals surface area contributed by atoms with Crippen molar-refractivity contribution in [2.75, 3.05) is 19.6 Å². The van der Waals surface area contributed by atoms with Crippen molar-refractivity contribution < 1.29 is 13.2 Å². The van der Waals surface area contributed by atoms with E-state index >= 15 is 0 Å². The van der Waals surface area contributed by atoms with Crippen LogP contribution in [0.5, 0.6) is 0 Å². The maximum absolute atomic E-state index is 12.2. The number of carbonyl (C=O) groups is 1. The highest BCUT2D eigenvalue weighted by molar-refractivity contribution is 7.90. The van der Waals surface area contributed by atoms with Gasteiger partial charge >= 0.3 is 0 Å². The first kappa shape index (κ1) is 17.4. The highest BCUT2D eigenvalue weighted by Gasteiger charge is 2.36. The molecule has 0 bridgehead atoms. The van der Waals surface area contributed by atoms with Crippen LogP contribution in [0.25, 0.3) is 0 Å². The Labute approximate surface area is 143 Å². The fraction of sp³-hybridized carbons (Fsp3) is 0.750. The van der Waals surface area contributed by atoms with E-state index in [2.05, 4.69) is 27.5 Å². The van der Waals surface area contributed by atoms with Crippen LogP contribution in [0.1, 0.15) is 50.6 Å². The molecule has 0 atom stereocenters. The third kappa shape index (κ3) is 3.97. The number of likely N-dealkylation sites (tertiary alicyclic amines) is 1. The van der Waals surface area contributed by atoms with Crippen molar-refractivity contribution in [2.24, 2.45) is 0 Å². The normalized spacial score (nSPS) is 19.6. The highest BCUT2D eigenvalue weighted by Crippen LogP contribution is 2.29. The van der Waals surface area contributed by atoms with Gasteiger partial charge in [0.2, 0.25) is 15.9 Å². The first-order valence-corrected chi connectivity index (χ1v) is 10.3. The summed E-state index contributed by atoms with van der Waals surface area (Å²) in [6.07, 6.45) is 6.11. The largest absolute Gasteiger partial charge is 0.342 e. The maximum atomic E-state index is 12.2. The van der Waals surface area contributed by atoms with E-state index < -0.39 is 10.0 Å². The summed E-state index contributed by atoms with van der Waals surface area (Å²) in [4.78, 5) is 14.0. The fourth-order valence-electron chi connectivity index (χ4n) is 3.28. The molecule has 8 heteroatoms. The topological polar surface area (TPSA) is 84.3 Å². The van der Waals surface area contributed by atoms with Crippen LogP contribution in [0, 0.1) is 0 Å². The van der Waals surface area contributed by atoms with Crippen molar-refractivity contribution in [1.29, 1.82) is 0 Å². The summed E-state index contributed by atoms with van der Waals surface area (Å²) in [5.41, 5.74) is 1.25. The lowest BCUT2D eigenvalue weighted by Gasteiger charge is -2.32. The van der Waals surface area contributed by atoms with Crippen molar-refractivity contribution in [3.8, 4) is 0 Å². The Balaban J connectivity index is 1.49. The highest BCUT2D eigenvalue weighted by atomic mass is 32.2. The Bertz CT molecular complexity index is 673. The number of piperidine rings is 1. The molecular weight excluding hydrogens is 328 g/mol. The quantitative estimate of drug-likeness (QED) is 0.794. The molecule has 134 valence electrons. The van der Waals surface area contributed by atoms with Gasteiger partial charge in [0.05, 0.1) is 11.8 Å². The monoisotopic (exact) mass is 354 g/mol. The predicted molar refractivity (Wildman–Crippen MR) is 91.0 cm³/mol. The lowest BCUT2D eigenvalue weighted by atomic mass is 9.93. The zero-order chi connectivity index (χ0) is 17.2. The van der Waals surface area contributed by atoms with E-state index in [9.17, 15) is 13.2 Å². The van der Waals surface area contributed by atoms with E-state index in [1.54, 1.807) is 4.90 Å². The van der Waals surface area contributed by atoms with Crippen LogP contribution in [-0.2, 0) is 21.4 Å². The molecule has 1 aromatic rings. The van der Waals surface area contributed by atoms with Gasteiger partial charge in [-0.3, -0.25) is 9.48 Å². The van der Waals surface area contributed by atoms with Crippen LogP contribution in [0.4, 0.5) is 0 Å². The van der Waals surface area contributed by atoms with Crippen LogP contribution in [-0.4, -0.2) is 53.9 Å². The fourth-order valence-corrected chi connectivity index (χ4v) is 4.60. The second kappa shape index (κ2) is 7.23. The van der Waals surface area contributed by atoms with Crippen LogP contribution < -0.4 is 4.72 Å². The van der Waals surface area contributed by atoms with Crippen molar-refractivity contribution in [3.05, 3.63) is 18.0 Å². The molecule has 1 saturated heterocycles. The average Bonchev–Trinajstić information content (AvgIpc) is 3.35. The Kier molecular flexibility index (Phi) is 5.24. The average molecular weight is 354 g/mol. The van der Waals surface area contributed by atoms with Crippen LogP contribution in [0.2, 0.25) is 0 Å². The number of nitrogens with one attached hydrogen (secondary N) is 1. The Morgan fingerprint density at radius 3 is 2.62 bits per heavy atom. The van der Waals surface area contributed by atoms with Crippen molar-refractivity contribution in [3.63, 3.8) is 0 Å². The molecule has 1 aliphatic heterocycles. The zero-order valence-electron chi connectivity index (χ0n) is 14.1. The molecule has 0 radical (unpaired) electrons. The summed E-state index contributed by atoms with van der Waals surface area (Å²) in [6, 6.07) is 2.07. The van der Waals surface area contributed by atoms with Gasteiger partial charge in [-0.25, -0.2) is 13.1 Å². The summed E-state index contributed by atoms with van der Waals surface area (Å²) in [6.45, 7) is 4.29. The molecule has 2 heterocycles. The van der Waals surface area contributed by atoms with E-state index in [0.29, 0.717) is 31.8 Å². The molecule has 7 nitrogen and oxygen atoms in total. The standard InChI is InChI=1S/C16H26N4O3S/c1-2-9-20-15(5-8-17-20)13-6-10-19(11-7-13)16(21)12-18-24(22,23)14-3-4-14/h5,8,13-14,18H,2-4,6-7,9-12H2,1H3. The third-order valence-corrected chi connectivity index (χ3v) is 6.73. The summed E-state index contributed by atoms with van der Waals surface area (Å²) < 4.78 is 28.1. The summed E-state index contributed by atoms with van der Waals surface area (Å²) in [5, 5.41) is 4.09. The molecule has 2 aliphatic rings. The van der Waals surface area contributed by atoms with Crippen molar-refractivity contribution >= 4 is 15.9 Å². The number of sulfonamides is 1. The predicted octanol–water partition coefficient (Wildman–Crippen LogP) is 1.08. The number of nitrogens with zero attached hydrogens (tertiary/aromatic N) is 3. The number of amides is 1. The number of hydrogen-bond acceptors (Lipinski definition) is 4. The SMILES string of the molecule is CCCn1nccc1C1CCN(C(=O)CNS(=O)(=O)C2CC2)CC1. The van der Waals surface area contributed by atoms with Gasteiger partial charge in [-0.2, -0.15) is 5.10 Å². The molecule has 1 aliphatic carbocycles. The minimum Gasteiger partial charge on any atom is -0.342 e. The third-order valence-electron chi connectivity index (χ3n) is 4.84. The molecule has 0 unspecified atom stereocenters. The molecule has 24 heavy (non-hydrogen) atoms. The first-order chi connectivity index (χ1) is 11.5. The zero-order valence-corrected chi connectivity index (χ0v) is 15.0. The summed E-state index contributed by atoms with van der Waals surface area (Å²) >= 11 is 0. The summed E-state index contributed by atoms with van der Waals surface area (Å²) in [5.74, 6) is 0.297. The smallest absolute Gasteiger partial charge is 0.237 e. The molecule has 0 aromatic carbocycles. The Hall–Kier alpha value is -1.41. The van der Waals surface area contributed by atoms with Crippen LogP contribution in [0.3, 0.4) is 0 Å². The van der Waals surface area contributed by atoms with Gasteiger partial charge < -0.3 is 4.90 Å². The molecule has 1 amide bonds. The minimum absolute atomic E-state index is 0.114. The molecule has 3 rings (SSSR count). The molecule has 0 spiro atoms.